The van der Waals surface area contributed by atoms with E-state index in [2.05, 4.69) is 30.7 Å². The summed E-state index contributed by atoms with van der Waals surface area (Å²) in [5.41, 5.74) is 0. The van der Waals surface area contributed by atoms with Crippen molar-refractivity contribution in [1.82, 2.24) is 14.8 Å². The minimum absolute atomic E-state index is 0.0746. The van der Waals surface area contributed by atoms with Gasteiger partial charge in [-0.2, -0.15) is 0 Å². The lowest BCUT2D eigenvalue weighted by atomic mass is 10.4. The Morgan fingerprint density at radius 3 is 2.62 bits per heavy atom. The van der Waals surface area contributed by atoms with Gasteiger partial charge in [-0.1, -0.05) is 33.8 Å². The minimum atomic E-state index is -3.30. The van der Waals surface area contributed by atoms with Crippen LogP contribution in [0.5, 0.6) is 0 Å². The van der Waals surface area contributed by atoms with Gasteiger partial charge in [0.2, 0.25) is 0 Å². The maximum Gasteiger partial charge on any atom is 0.191 e. The van der Waals surface area contributed by atoms with Gasteiger partial charge in [-0.05, 0) is 48.6 Å². The molecule has 0 N–H and O–H groups in total. The summed E-state index contributed by atoms with van der Waals surface area (Å²) in [6, 6.07) is 11.2. The molecule has 2 aromatic heterocycles. The predicted molar refractivity (Wildman–Crippen MR) is 109 cm³/mol. The van der Waals surface area contributed by atoms with Crippen molar-refractivity contribution in [3.8, 4) is 10.7 Å². The third-order valence-corrected chi connectivity index (χ3v) is 8.40. The molecule has 2 heterocycles. The van der Waals surface area contributed by atoms with Crippen LogP contribution in [0.1, 0.15) is 18.9 Å². The molecule has 1 saturated carbocycles. The highest BCUT2D eigenvalue weighted by atomic mass is 79.9. The highest BCUT2D eigenvalue weighted by Gasteiger charge is 2.30. The Kier molecular flexibility index (Phi) is 5.22. The van der Waals surface area contributed by atoms with Gasteiger partial charge in [-0.25, -0.2) is 8.42 Å². The van der Waals surface area contributed by atoms with Crippen molar-refractivity contribution in [2.45, 2.75) is 28.9 Å². The predicted octanol–water partition coefficient (Wildman–Crippen LogP) is 4.67. The zero-order valence-corrected chi connectivity index (χ0v) is 17.7. The second-order valence-corrected chi connectivity index (χ2v) is 11.0. The highest BCUT2D eigenvalue weighted by molar-refractivity contribution is 9.10. The Balaban J connectivity index is 1.48. The Bertz CT molecular complexity index is 995. The zero-order chi connectivity index (χ0) is 18.1. The van der Waals surface area contributed by atoms with Crippen molar-refractivity contribution in [1.29, 1.82) is 0 Å². The van der Waals surface area contributed by atoms with Gasteiger partial charge in [0.25, 0.3) is 0 Å². The summed E-state index contributed by atoms with van der Waals surface area (Å²) in [7, 11) is -3.30. The van der Waals surface area contributed by atoms with E-state index >= 15 is 0 Å². The fraction of sp³-hybridized carbons (Fsp3) is 0.294. The van der Waals surface area contributed by atoms with Gasteiger partial charge in [0.15, 0.2) is 20.8 Å². The quantitative estimate of drug-likeness (QED) is 0.470. The monoisotopic (exact) mass is 469 g/mol. The smallest absolute Gasteiger partial charge is 0.191 e. The maximum absolute atomic E-state index is 12.5. The van der Waals surface area contributed by atoms with E-state index in [4.69, 9.17) is 0 Å². The number of thioether (sulfide) groups is 1. The molecule has 3 aromatic rings. The number of benzene rings is 1. The molecule has 136 valence electrons. The first kappa shape index (κ1) is 18.2. The molecule has 5 nitrogen and oxygen atoms in total. The molecule has 9 heteroatoms. The highest BCUT2D eigenvalue weighted by Crippen LogP contribution is 2.41. The molecule has 1 aromatic carbocycles. The molecule has 0 bridgehead atoms. The van der Waals surface area contributed by atoms with E-state index in [0.717, 1.165) is 33.2 Å². The summed E-state index contributed by atoms with van der Waals surface area (Å²) < 4.78 is 28.0. The number of rotatable bonds is 7. The van der Waals surface area contributed by atoms with Gasteiger partial charge in [-0.15, -0.1) is 21.5 Å². The molecule has 0 aliphatic heterocycles. The molecule has 1 fully saturated rings. The van der Waals surface area contributed by atoms with Gasteiger partial charge in [0.1, 0.15) is 0 Å². The van der Waals surface area contributed by atoms with Gasteiger partial charge < -0.3 is 0 Å². The lowest BCUT2D eigenvalue weighted by Crippen LogP contribution is -2.09. The lowest BCUT2D eigenvalue weighted by molar-refractivity contribution is 0.597. The summed E-state index contributed by atoms with van der Waals surface area (Å²) in [6.07, 6.45) is 2.25. The van der Waals surface area contributed by atoms with Crippen LogP contribution in [-0.4, -0.2) is 34.7 Å². The number of sulfone groups is 1. The SMILES string of the molecule is O=S(=O)(CCSc1nnc(-c2cccs2)n1C1CC1)c1ccc(Br)cc1. The zero-order valence-electron chi connectivity index (χ0n) is 13.7. The minimum Gasteiger partial charge on any atom is -0.298 e. The fourth-order valence-corrected chi connectivity index (χ4v) is 6.24. The van der Waals surface area contributed by atoms with E-state index in [1.165, 1.54) is 11.8 Å². The molecule has 4 rings (SSSR count). The number of thiophene rings is 1. The Morgan fingerprint density at radius 2 is 1.96 bits per heavy atom. The Morgan fingerprint density at radius 1 is 1.19 bits per heavy atom. The van der Waals surface area contributed by atoms with E-state index in [9.17, 15) is 8.42 Å². The summed E-state index contributed by atoms with van der Waals surface area (Å²) >= 11 is 6.43. The van der Waals surface area contributed by atoms with Gasteiger partial charge >= 0.3 is 0 Å². The van der Waals surface area contributed by atoms with Crippen molar-refractivity contribution in [3.63, 3.8) is 0 Å². The molecule has 1 aliphatic rings. The lowest BCUT2D eigenvalue weighted by Gasteiger charge is -2.08. The van der Waals surface area contributed by atoms with Crippen LogP contribution in [0.4, 0.5) is 0 Å². The number of hydrogen-bond donors (Lipinski definition) is 0. The molecule has 0 unspecified atom stereocenters. The maximum atomic E-state index is 12.5. The molecular formula is C17H16BrN3O2S3. The third-order valence-electron chi connectivity index (χ3n) is 4.07. The van der Waals surface area contributed by atoms with Crippen LogP contribution >= 0.6 is 39.0 Å². The van der Waals surface area contributed by atoms with Crippen molar-refractivity contribution in [2.24, 2.45) is 0 Å². The second kappa shape index (κ2) is 7.46. The first-order valence-corrected chi connectivity index (χ1v) is 12.5. The largest absolute Gasteiger partial charge is 0.298 e. The van der Waals surface area contributed by atoms with Crippen LogP contribution in [0.25, 0.3) is 10.7 Å². The van der Waals surface area contributed by atoms with Crippen molar-refractivity contribution >= 4 is 48.9 Å². The summed E-state index contributed by atoms with van der Waals surface area (Å²) in [5, 5.41) is 11.5. The van der Waals surface area contributed by atoms with Crippen LogP contribution in [0.3, 0.4) is 0 Å². The van der Waals surface area contributed by atoms with Gasteiger partial charge in [-0.3, -0.25) is 4.57 Å². The van der Waals surface area contributed by atoms with E-state index in [1.54, 1.807) is 35.6 Å². The van der Waals surface area contributed by atoms with Crippen LogP contribution in [0, 0.1) is 0 Å². The molecule has 0 radical (unpaired) electrons. The van der Waals surface area contributed by atoms with Crippen molar-refractivity contribution in [2.75, 3.05) is 11.5 Å². The first-order chi connectivity index (χ1) is 12.5. The van der Waals surface area contributed by atoms with Gasteiger partial charge in [0.05, 0.1) is 15.5 Å². The number of aromatic nitrogens is 3. The summed E-state index contributed by atoms with van der Waals surface area (Å²) in [4.78, 5) is 1.45. The van der Waals surface area contributed by atoms with E-state index in [-0.39, 0.29) is 5.75 Å². The molecule has 0 spiro atoms. The summed E-state index contributed by atoms with van der Waals surface area (Å²) in [5.74, 6) is 1.42. The summed E-state index contributed by atoms with van der Waals surface area (Å²) in [6.45, 7) is 0. The average Bonchev–Trinajstić information content (AvgIpc) is 3.14. The third kappa shape index (κ3) is 3.90. The number of hydrogen-bond acceptors (Lipinski definition) is 6. The second-order valence-electron chi connectivity index (χ2n) is 6.01. The Labute approximate surface area is 168 Å². The molecule has 1 aliphatic carbocycles. The van der Waals surface area contributed by atoms with Gasteiger partial charge in [0, 0.05) is 16.3 Å². The van der Waals surface area contributed by atoms with E-state index < -0.39 is 9.84 Å². The fourth-order valence-electron chi connectivity index (χ4n) is 2.61. The average molecular weight is 470 g/mol. The van der Waals surface area contributed by atoms with Crippen molar-refractivity contribution < 1.29 is 8.42 Å². The Hall–Kier alpha value is -1.16. The normalized spacial score (nSPS) is 14.7. The number of nitrogens with zero attached hydrogens (tertiary/aromatic N) is 3. The topological polar surface area (TPSA) is 64.8 Å². The van der Waals surface area contributed by atoms with E-state index in [0.29, 0.717) is 16.7 Å². The van der Waals surface area contributed by atoms with Crippen LogP contribution in [0.2, 0.25) is 0 Å². The first-order valence-electron chi connectivity index (χ1n) is 8.14. The molecule has 0 saturated heterocycles. The van der Waals surface area contributed by atoms with Crippen LogP contribution < -0.4 is 0 Å². The molecule has 0 atom stereocenters. The standard InChI is InChI=1S/C17H16BrN3O2S3/c18-12-3-7-14(8-4-12)26(22,23)11-10-25-17-20-19-16(15-2-1-9-24-15)21(17)13-5-6-13/h1-4,7-9,13H,5-6,10-11H2. The molecule has 26 heavy (non-hydrogen) atoms. The number of halogens is 1. The van der Waals surface area contributed by atoms with Crippen LogP contribution in [-0.2, 0) is 9.84 Å². The molecule has 0 amide bonds. The van der Waals surface area contributed by atoms with Crippen molar-refractivity contribution in [3.05, 3.63) is 46.3 Å². The molecular weight excluding hydrogens is 454 g/mol. The van der Waals surface area contributed by atoms with Crippen LogP contribution in [0.15, 0.2) is 56.3 Å². The van der Waals surface area contributed by atoms with E-state index in [1.807, 2.05) is 17.5 Å².